The molecule has 0 fully saturated rings. The summed E-state index contributed by atoms with van der Waals surface area (Å²) in [5.41, 5.74) is 2.67. The smallest absolute Gasteiger partial charge is 0.0748 e. The van der Waals surface area contributed by atoms with Gasteiger partial charge in [0.25, 0.3) is 0 Å². The molecule has 0 aliphatic carbocycles. The Balaban J connectivity index is 0.00000105. The van der Waals surface area contributed by atoms with Crippen molar-refractivity contribution < 1.29 is 4.74 Å². The van der Waals surface area contributed by atoms with E-state index in [0.29, 0.717) is 5.92 Å². The number of hydrogen-bond donors (Lipinski definition) is 0. The maximum atomic E-state index is 5.54. The average molecular weight is 356 g/mol. The van der Waals surface area contributed by atoms with Gasteiger partial charge in [0.2, 0.25) is 0 Å². The second-order valence-corrected chi connectivity index (χ2v) is 7.57. The number of nitrogens with zero attached hydrogens (tertiary/aromatic N) is 1. The number of hydrogen-bond acceptors (Lipinski definition) is 2. The van der Waals surface area contributed by atoms with Gasteiger partial charge in [-0.2, -0.15) is 0 Å². The minimum Gasteiger partial charge on any atom is -0.377 e. The van der Waals surface area contributed by atoms with Gasteiger partial charge in [-0.3, -0.25) is 0 Å². The molecule has 0 aliphatic heterocycles. The first-order chi connectivity index (χ1) is 12.4. The molecule has 0 bridgehead atoms. The maximum Gasteiger partial charge on any atom is 0.0748 e. The zero-order valence-corrected chi connectivity index (χ0v) is 17.5. The molecule has 2 aromatic carbocycles. The third-order valence-electron chi connectivity index (χ3n) is 4.41. The molecule has 2 nitrogen and oxygen atoms in total. The van der Waals surface area contributed by atoms with Crippen LogP contribution in [0.5, 0.6) is 0 Å². The Morgan fingerprint density at radius 1 is 0.885 bits per heavy atom. The van der Waals surface area contributed by atoms with Crippen LogP contribution in [0.1, 0.15) is 57.6 Å². The van der Waals surface area contributed by atoms with E-state index in [1.165, 1.54) is 17.5 Å². The molecule has 0 saturated carbocycles. The van der Waals surface area contributed by atoms with Gasteiger partial charge in [0.1, 0.15) is 0 Å². The van der Waals surface area contributed by atoms with Crippen LogP contribution in [0.25, 0.3) is 0 Å². The molecule has 2 rings (SSSR count). The van der Waals surface area contributed by atoms with Gasteiger partial charge < -0.3 is 9.64 Å². The number of ether oxygens (including phenoxy) is 1. The highest BCUT2D eigenvalue weighted by molar-refractivity contribution is 5.32. The van der Waals surface area contributed by atoms with Crippen LogP contribution < -0.4 is 0 Å². The van der Waals surface area contributed by atoms with Crippen LogP contribution in [0.3, 0.4) is 0 Å². The molecule has 0 spiro atoms. The molecule has 0 N–H and O–H groups in total. The highest BCUT2D eigenvalue weighted by Gasteiger charge is 2.20. The maximum absolute atomic E-state index is 5.54. The van der Waals surface area contributed by atoms with E-state index in [0.717, 1.165) is 19.5 Å². The number of benzene rings is 2. The lowest BCUT2D eigenvalue weighted by molar-refractivity contribution is -0.00224. The largest absolute Gasteiger partial charge is 0.377 e. The molecule has 0 heterocycles. The summed E-state index contributed by atoms with van der Waals surface area (Å²) in [7, 11) is 3.96. The molecule has 0 amide bonds. The Bertz CT molecular complexity index is 540. The number of rotatable bonds is 8. The molecule has 144 valence electrons. The topological polar surface area (TPSA) is 12.5 Å². The van der Waals surface area contributed by atoms with Crippen LogP contribution in [0.4, 0.5) is 0 Å². The highest BCUT2D eigenvalue weighted by Crippen LogP contribution is 2.28. The molecular formula is C24H37NO. The van der Waals surface area contributed by atoms with Gasteiger partial charge in [0, 0.05) is 19.6 Å². The fourth-order valence-electron chi connectivity index (χ4n) is 3.04. The van der Waals surface area contributed by atoms with Gasteiger partial charge in [0.15, 0.2) is 0 Å². The predicted molar refractivity (Wildman–Crippen MR) is 114 cm³/mol. The molecule has 2 heteroatoms. The van der Waals surface area contributed by atoms with Gasteiger partial charge in [-0.25, -0.2) is 0 Å². The SMILES string of the molecule is CCC.COC(C)(C)CN(C)CCC(c1ccccc1)c1ccccc1. The van der Waals surface area contributed by atoms with Gasteiger partial charge >= 0.3 is 0 Å². The third kappa shape index (κ3) is 8.16. The van der Waals surface area contributed by atoms with E-state index >= 15 is 0 Å². The summed E-state index contributed by atoms with van der Waals surface area (Å²) in [4.78, 5) is 2.36. The van der Waals surface area contributed by atoms with Crippen molar-refractivity contribution in [2.45, 2.75) is 52.1 Å². The van der Waals surface area contributed by atoms with Gasteiger partial charge in [-0.15, -0.1) is 0 Å². The molecule has 2 aromatic rings. The third-order valence-corrected chi connectivity index (χ3v) is 4.41. The van der Waals surface area contributed by atoms with Crippen molar-refractivity contribution in [1.29, 1.82) is 0 Å². The minimum atomic E-state index is -0.107. The second-order valence-electron chi connectivity index (χ2n) is 7.57. The lowest BCUT2D eigenvalue weighted by Gasteiger charge is -2.30. The second kappa shape index (κ2) is 11.9. The van der Waals surface area contributed by atoms with Crippen LogP contribution in [0, 0.1) is 0 Å². The monoisotopic (exact) mass is 355 g/mol. The van der Waals surface area contributed by atoms with E-state index in [4.69, 9.17) is 4.74 Å². The molecule has 0 atom stereocenters. The van der Waals surface area contributed by atoms with Gasteiger partial charge in [-0.05, 0) is 45.0 Å². The predicted octanol–water partition coefficient (Wildman–Crippen LogP) is 5.98. The van der Waals surface area contributed by atoms with Crippen molar-refractivity contribution in [2.75, 3.05) is 27.2 Å². The van der Waals surface area contributed by atoms with E-state index < -0.39 is 0 Å². The lowest BCUT2D eigenvalue weighted by atomic mass is 9.88. The van der Waals surface area contributed by atoms with Crippen molar-refractivity contribution in [3.63, 3.8) is 0 Å². The van der Waals surface area contributed by atoms with E-state index in [-0.39, 0.29) is 5.60 Å². The van der Waals surface area contributed by atoms with E-state index in [2.05, 4.69) is 100 Å². The molecular weight excluding hydrogens is 318 g/mol. The fourth-order valence-corrected chi connectivity index (χ4v) is 3.04. The minimum absolute atomic E-state index is 0.107. The summed E-state index contributed by atoms with van der Waals surface area (Å²) in [5, 5.41) is 0. The van der Waals surface area contributed by atoms with Gasteiger partial charge in [-0.1, -0.05) is 80.9 Å². The number of likely N-dealkylation sites (N-methyl/N-ethyl adjacent to an activating group) is 1. The van der Waals surface area contributed by atoms with Crippen LogP contribution in [-0.2, 0) is 4.74 Å². The summed E-state index contributed by atoms with van der Waals surface area (Å²) in [6.45, 7) is 10.5. The molecule has 26 heavy (non-hydrogen) atoms. The van der Waals surface area contributed by atoms with Crippen molar-refractivity contribution in [3.05, 3.63) is 71.8 Å². The first-order valence-corrected chi connectivity index (χ1v) is 9.77. The summed E-state index contributed by atoms with van der Waals surface area (Å²) in [5.74, 6) is 0.436. The molecule has 0 unspecified atom stereocenters. The summed E-state index contributed by atoms with van der Waals surface area (Å²) >= 11 is 0. The first kappa shape index (κ1) is 22.4. The van der Waals surface area contributed by atoms with E-state index in [1.54, 1.807) is 7.11 Å². The molecule has 0 aromatic heterocycles. The summed E-state index contributed by atoms with van der Waals surface area (Å²) in [6.07, 6.45) is 2.35. The van der Waals surface area contributed by atoms with Crippen LogP contribution in [-0.4, -0.2) is 37.7 Å². The Hall–Kier alpha value is -1.64. The fraction of sp³-hybridized carbons (Fsp3) is 0.500. The van der Waals surface area contributed by atoms with Crippen LogP contribution >= 0.6 is 0 Å². The quantitative estimate of drug-likeness (QED) is 0.577. The Kier molecular flexibility index (Phi) is 10.2. The van der Waals surface area contributed by atoms with E-state index in [1.807, 2.05) is 0 Å². The van der Waals surface area contributed by atoms with Gasteiger partial charge in [0.05, 0.1) is 5.60 Å². The summed E-state index contributed by atoms with van der Waals surface area (Å²) in [6, 6.07) is 21.6. The van der Waals surface area contributed by atoms with Crippen LogP contribution in [0.15, 0.2) is 60.7 Å². The first-order valence-electron chi connectivity index (χ1n) is 9.77. The molecule has 0 radical (unpaired) electrons. The van der Waals surface area contributed by atoms with Crippen molar-refractivity contribution >= 4 is 0 Å². The average Bonchev–Trinajstić information content (AvgIpc) is 2.64. The molecule has 0 saturated heterocycles. The molecule has 0 aliphatic rings. The Labute approximate surface area is 161 Å². The Morgan fingerprint density at radius 3 is 1.69 bits per heavy atom. The summed E-state index contributed by atoms with van der Waals surface area (Å²) < 4.78 is 5.54. The van der Waals surface area contributed by atoms with Crippen molar-refractivity contribution in [3.8, 4) is 0 Å². The van der Waals surface area contributed by atoms with Crippen molar-refractivity contribution in [2.24, 2.45) is 0 Å². The van der Waals surface area contributed by atoms with E-state index in [9.17, 15) is 0 Å². The van der Waals surface area contributed by atoms with Crippen LogP contribution in [0.2, 0.25) is 0 Å². The highest BCUT2D eigenvalue weighted by atomic mass is 16.5. The normalized spacial score (nSPS) is 11.4. The van der Waals surface area contributed by atoms with Crippen molar-refractivity contribution in [1.82, 2.24) is 4.90 Å². The lowest BCUT2D eigenvalue weighted by Crippen LogP contribution is -2.38. The Morgan fingerprint density at radius 2 is 1.31 bits per heavy atom. The zero-order valence-electron chi connectivity index (χ0n) is 17.5. The number of methoxy groups -OCH3 is 1. The zero-order chi connectivity index (χ0) is 19.4. The standard InChI is InChI=1S/C21H29NO.C3H8/c1-21(2,23-4)17-22(3)16-15-20(18-11-7-5-8-12-18)19-13-9-6-10-14-19;1-3-2/h5-14,20H,15-17H2,1-4H3;3H2,1-2H3.